The molecule has 2 atom stereocenters. The van der Waals surface area contributed by atoms with Gasteiger partial charge < -0.3 is 0 Å². The first-order valence-corrected chi connectivity index (χ1v) is 4.84. The molecule has 0 fully saturated rings. The Bertz CT molecular complexity index is 246. The molecule has 0 amide bonds. The van der Waals surface area contributed by atoms with E-state index in [1.165, 1.54) is 12.8 Å². The Hall–Kier alpha value is -0.780. The van der Waals surface area contributed by atoms with Gasteiger partial charge in [0.25, 0.3) is 0 Å². The molecule has 0 bridgehead atoms. The van der Waals surface area contributed by atoms with Crippen LogP contribution in [-0.4, -0.2) is 0 Å². The Morgan fingerprint density at radius 1 is 0.917 bits per heavy atom. The quantitative estimate of drug-likeness (QED) is 0.547. The van der Waals surface area contributed by atoms with E-state index in [2.05, 4.69) is 38.1 Å². The van der Waals surface area contributed by atoms with Crippen LogP contribution in [0.5, 0.6) is 0 Å². The van der Waals surface area contributed by atoms with Crippen molar-refractivity contribution in [3.05, 3.63) is 35.4 Å². The highest BCUT2D eigenvalue weighted by Crippen LogP contribution is 2.29. The van der Waals surface area contributed by atoms with Crippen LogP contribution < -0.4 is 0 Å². The lowest BCUT2D eigenvalue weighted by Gasteiger charge is -2.27. The van der Waals surface area contributed by atoms with E-state index in [0.29, 0.717) is 0 Å². The molecule has 0 radical (unpaired) electrons. The maximum Gasteiger partial charge on any atom is -0.0248 e. The van der Waals surface area contributed by atoms with Crippen LogP contribution in [0.4, 0.5) is 0 Å². The number of benzene rings is 1. The molecule has 0 saturated carbocycles. The minimum absolute atomic E-state index is 0.861. The Labute approximate surface area is 74.6 Å². The standard InChI is InChI=1S/C12H16/c1-9-7-11-5-3-4-6-12(11)8-10(9)2/h3-6,9-10H,7-8H2,1-2H3/t9-,10?/m0/s1. The van der Waals surface area contributed by atoms with Crippen molar-refractivity contribution in [1.29, 1.82) is 0 Å². The highest BCUT2D eigenvalue weighted by atomic mass is 14.3. The van der Waals surface area contributed by atoms with Crippen LogP contribution in [0.25, 0.3) is 0 Å². The first-order chi connectivity index (χ1) is 5.77. The summed E-state index contributed by atoms with van der Waals surface area (Å²) in [5.41, 5.74) is 3.14. The smallest absolute Gasteiger partial charge is 0.0248 e. The largest absolute Gasteiger partial charge is 0.0620 e. The van der Waals surface area contributed by atoms with Gasteiger partial charge in [-0.3, -0.25) is 0 Å². The molecule has 1 aliphatic rings. The molecule has 1 unspecified atom stereocenters. The number of hydrogen-bond acceptors (Lipinski definition) is 0. The summed E-state index contributed by atoms with van der Waals surface area (Å²) in [6, 6.07) is 8.86. The molecule has 0 saturated heterocycles. The molecule has 2 rings (SSSR count). The first-order valence-electron chi connectivity index (χ1n) is 4.84. The van der Waals surface area contributed by atoms with Gasteiger partial charge in [-0.2, -0.15) is 0 Å². The molecule has 64 valence electrons. The molecule has 1 aliphatic carbocycles. The fourth-order valence-corrected chi connectivity index (χ4v) is 2.05. The van der Waals surface area contributed by atoms with Gasteiger partial charge in [0.05, 0.1) is 0 Å². The van der Waals surface area contributed by atoms with Crippen LogP contribution >= 0.6 is 0 Å². The molecule has 0 aliphatic heterocycles. The van der Waals surface area contributed by atoms with Crippen molar-refractivity contribution in [3.63, 3.8) is 0 Å². The van der Waals surface area contributed by atoms with Crippen molar-refractivity contribution in [2.24, 2.45) is 11.8 Å². The SMILES string of the molecule is CC1Cc2ccccc2C[C@@H]1C. The lowest BCUT2D eigenvalue weighted by molar-refractivity contribution is 0.361. The van der Waals surface area contributed by atoms with Crippen LogP contribution in [0.1, 0.15) is 25.0 Å². The summed E-state index contributed by atoms with van der Waals surface area (Å²) in [5, 5.41) is 0. The highest BCUT2D eigenvalue weighted by Gasteiger charge is 2.20. The Balaban J connectivity index is 2.34. The van der Waals surface area contributed by atoms with Crippen LogP contribution in [0.3, 0.4) is 0 Å². The fraction of sp³-hybridized carbons (Fsp3) is 0.500. The molecule has 1 aromatic carbocycles. The van der Waals surface area contributed by atoms with E-state index in [-0.39, 0.29) is 0 Å². The third-order valence-corrected chi connectivity index (χ3v) is 3.17. The molecule has 0 nitrogen and oxygen atoms in total. The number of hydrogen-bond donors (Lipinski definition) is 0. The minimum atomic E-state index is 0.861. The summed E-state index contributed by atoms with van der Waals surface area (Å²) in [5.74, 6) is 1.72. The number of rotatable bonds is 0. The van der Waals surface area contributed by atoms with Crippen LogP contribution in [0.2, 0.25) is 0 Å². The average Bonchev–Trinajstić information content (AvgIpc) is 2.07. The van der Waals surface area contributed by atoms with E-state index in [0.717, 1.165) is 11.8 Å². The zero-order chi connectivity index (χ0) is 8.55. The second kappa shape index (κ2) is 2.93. The summed E-state index contributed by atoms with van der Waals surface area (Å²) in [6.07, 6.45) is 2.55. The van der Waals surface area contributed by atoms with E-state index in [1.54, 1.807) is 11.1 Å². The fourth-order valence-electron chi connectivity index (χ4n) is 2.05. The zero-order valence-corrected chi connectivity index (χ0v) is 7.88. The van der Waals surface area contributed by atoms with Crippen LogP contribution in [-0.2, 0) is 12.8 Å². The van der Waals surface area contributed by atoms with Gasteiger partial charge in [0, 0.05) is 0 Å². The highest BCUT2D eigenvalue weighted by molar-refractivity contribution is 5.30. The van der Waals surface area contributed by atoms with E-state index in [1.807, 2.05) is 0 Å². The third-order valence-electron chi connectivity index (χ3n) is 3.17. The van der Waals surface area contributed by atoms with Gasteiger partial charge in [-0.25, -0.2) is 0 Å². The molecule has 0 spiro atoms. The average molecular weight is 160 g/mol. The third kappa shape index (κ3) is 1.26. The van der Waals surface area contributed by atoms with Crippen LogP contribution in [0.15, 0.2) is 24.3 Å². The van der Waals surface area contributed by atoms with E-state index < -0.39 is 0 Å². The topological polar surface area (TPSA) is 0 Å². The molecular formula is C12H16. The van der Waals surface area contributed by atoms with Gasteiger partial charge in [-0.05, 0) is 35.8 Å². The van der Waals surface area contributed by atoms with Crippen molar-refractivity contribution < 1.29 is 0 Å². The lowest BCUT2D eigenvalue weighted by Crippen LogP contribution is -2.20. The first kappa shape index (κ1) is 7.85. The van der Waals surface area contributed by atoms with Gasteiger partial charge >= 0.3 is 0 Å². The zero-order valence-electron chi connectivity index (χ0n) is 7.88. The van der Waals surface area contributed by atoms with Crippen molar-refractivity contribution in [1.82, 2.24) is 0 Å². The lowest BCUT2D eigenvalue weighted by atomic mass is 9.78. The molecule has 0 N–H and O–H groups in total. The van der Waals surface area contributed by atoms with Gasteiger partial charge in [-0.1, -0.05) is 38.1 Å². The van der Waals surface area contributed by atoms with E-state index in [9.17, 15) is 0 Å². The van der Waals surface area contributed by atoms with E-state index >= 15 is 0 Å². The summed E-state index contributed by atoms with van der Waals surface area (Å²) < 4.78 is 0. The second-order valence-electron chi connectivity index (χ2n) is 4.13. The van der Waals surface area contributed by atoms with Crippen molar-refractivity contribution in [2.75, 3.05) is 0 Å². The Morgan fingerprint density at radius 2 is 1.33 bits per heavy atom. The second-order valence-corrected chi connectivity index (χ2v) is 4.13. The van der Waals surface area contributed by atoms with Gasteiger partial charge in [0.1, 0.15) is 0 Å². The summed E-state index contributed by atoms with van der Waals surface area (Å²) >= 11 is 0. The normalized spacial score (nSPS) is 28.2. The molecule has 0 heterocycles. The predicted molar refractivity (Wildman–Crippen MR) is 52.2 cm³/mol. The van der Waals surface area contributed by atoms with Crippen molar-refractivity contribution >= 4 is 0 Å². The molecule has 0 aromatic heterocycles. The van der Waals surface area contributed by atoms with Crippen molar-refractivity contribution in [3.8, 4) is 0 Å². The van der Waals surface area contributed by atoms with Crippen LogP contribution in [0, 0.1) is 11.8 Å². The van der Waals surface area contributed by atoms with Gasteiger partial charge in [0.15, 0.2) is 0 Å². The molecule has 1 aromatic rings. The maximum atomic E-state index is 2.36. The number of fused-ring (bicyclic) bond motifs is 1. The summed E-state index contributed by atoms with van der Waals surface area (Å²) in [6.45, 7) is 4.72. The maximum absolute atomic E-state index is 2.36. The molecule has 12 heavy (non-hydrogen) atoms. The molecule has 0 heteroatoms. The Morgan fingerprint density at radius 3 is 1.75 bits per heavy atom. The van der Waals surface area contributed by atoms with Gasteiger partial charge in [0.2, 0.25) is 0 Å². The van der Waals surface area contributed by atoms with Crippen molar-refractivity contribution in [2.45, 2.75) is 26.7 Å². The predicted octanol–water partition coefficient (Wildman–Crippen LogP) is 3.06. The summed E-state index contributed by atoms with van der Waals surface area (Å²) in [4.78, 5) is 0. The summed E-state index contributed by atoms with van der Waals surface area (Å²) in [7, 11) is 0. The Kier molecular flexibility index (Phi) is 1.92. The monoisotopic (exact) mass is 160 g/mol. The van der Waals surface area contributed by atoms with Gasteiger partial charge in [-0.15, -0.1) is 0 Å². The van der Waals surface area contributed by atoms with E-state index in [4.69, 9.17) is 0 Å². The minimum Gasteiger partial charge on any atom is -0.0620 e. The molecular weight excluding hydrogens is 144 g/mol.